The second-order valence-corrected chi connectivity index (χ2v) is 4.51. The molecule has 0 heterocycles. The molecule has 0 radical (unpaired) electrons. The molecule has 0 aromatic heterocycles. The van der Waals surface area contributed by atoms with Crippen molar-refractivity contribution in [3.05, 3.63) is 34.1 Å². The predicted molar refractivity (Wildman–Crippen MR) is 68.8 cm³/mol. The number of ether oxygens (including phenoxy) is 2. The molecule has 0 amide bonds. The molecule has 0 bridgehead atoms. The molecule has 106 valence electrons. The van der Waals surface area contributed by atoms with Crippen molar-refractivity contribution in [3.8, 4) is 5.75 Å². The first-order valence-electron chi connectivity index (χ1n) is 6.15. The number of hydrogen-bond acceptors (Lipinski definition) is 4. The number of nitro benzene ring substituents is 1. The van der Waals surface area contributed by atoms with Crippen molar-refractivity contribution in [2.24, 2.45) is 5.92 Å². The van der Waals surface area contributed by atoms with Gasteiger partial charge in [0.1, 0.15) is 12.4 Å². The molecule has 6 heteroatoms. The molecule has 0 fully saturated rings. The van der Waals surface area contributed by atoms with Crippen LogP contribution in [0.2, 0.25) is 0 Å². The molecule has 0 aliphatic heterocycles. The Bertz CT molecular complexity index is 423. The zero-order chi connectivity index (χ0) is 14.3. The van der Waals surface area contributed by atoms with Gasteiger partial charge in [-0.05, 0) is 18.4 Å². The van der Waals surface area contributed by atoms with E-state index in [4.69, 9.17) is 9.47 Å². The average Bonchev–Trinajstić information content (AvgIpc) is 2.32. The minimum Gasteiger partial charge on any atom is -0.491 e. The SMILES string of the molecule is CC(C)CCOCCOc1ccc([N+](=O)[O-])c(F)c1. The lowest BCUT2D eigenvalue weighted by atomic mass is 10.1. The van der Waals surface area contributed by atoms with Gasteiger partial charge in [-0.3, -0.25) is 10.1 Å². The fourth-order valence-electron chi connectivity index (χ4n) is 1.37. The van der Waals surface area contributed by atoms with Crippen LogP contribution in [0.15, 0.2) is 18.2 Å². The minimum absolute atomic E-state index is 0.260. The maximum atomic E-state index is 13.3. The lowest BCUT2D eigenvalue weighted by molar-refractivity contribution is -0.387. The number of halogens is 1. The standard InChI is InChI=1S/C13H18FNO4/c1-10(2)5-6-18-7-8-19-11-3-4-13(15(16)17)12(14)9-11/h3-4,9-10H,5-8H2,1-2H3. The van der Waals surface area contributed by atoms with Crippen molar-refractivity contribution >= 4 is 5.69 Å². The average molecular weight is 271 g/mol. The van der Waals surface area contributed by atoms with E-state index in [1.165, 1.54) is 6.07 Å². The molecular formula is C13H18FNO4. The summed E-state index contributed by atoms with van der Waals surface area (Å²) in [6, 6.07) is 3.46. The highest BCUT2D eigenvalue weighted by Gasteiger charge is 2.14. The zero-order valence-electron chi connectivity index (χ0n) is 11.1. The van der Waals surface area contributed by atoms with Crippen molar-refractivity contribution in [2.75, 3.05) is 19.8 Å². The fraction of sp³-hybridized carbons (Fsp3) is 0.538. The summed E-state index contributed by atoms with van der Waals surface area (Å²) in [4.78, 5) is 9.66. The van der Waals surface area contributed by atoms with E-state index in [2.05, 4.69) is 13.8 Å². The van der Waals surface area contributed by atoms with E-state index in [9.17, 15) is 14.5 Å². The normalized spacial score (nSPS) is 10.7. The molecule has 0 N–H and O–H groups in total. The molecule has 0 atom stereocenters. The Balaban J connectivity index is 2.30. The second-order valence-electron chi connectivity index (χ2n) is 4.51. The predicted octanol–water partition coefficient (Wildman–Crippen LogP) is 3.18. The molecule has 0 unspecified atom stereocenters. The first-order valence-corrected chi connectivity index (χ1v) is 6.15. The molecule has 0 aliphatic rings. The van der Waals surface area contributed by atoms with E-state index in [1.54, 1.807) is 0 Å². The Hall–Kier alpha value is -1.69. The molecule has 0 aliphatic carbocycles. The third kappa shape index (κ3) is 5.65. The first-order chi connectivity index (χ1) is 9.00. The topological polar surface area (TPSA) is 61.6 Å². The van der Waals surface area contributed by atoms with Gasteiger partial charge in [-0.1, -0.05) is 13.8 Å². The Morgan fingerprint density at radius 1 is 1.32 bits per heavy atom. The van der Waals surface area contributed by atoms with Gasteiger partial charge < -0.3 is 9.47 Å². The smallest absolute Gasteiger partial charge is 0.305 e. The summed E-state index contributed by atoms with van der Waals surface area (Å²) >= 11 is 0. The van der Waals surface area contributed by atoms with E-state index in [0.717, 1.165) is 18.6 Å². The van der Waals surface area contributed by atoms with Crippen LogP contribution < -0.4 is 4.74 Å². The summed E-state index contributed by atoms with van der Waals surface area (Å²) < 4.78 is 23.8. The van der Waals surface area contributed by atoms with Gasteiger partial charge in [0.05, 0.1) is 11.5 Å². The molecule has 0 saturated carbocycles. The minimum atomic E-state index is -0.900. The van der Waals surface area contributed by atoms with E-state index in [0.29, 0.717) is 19.1 Å². The van der Waals surface area contributed by atoms with Crippen molar-refractivity contribution in [1.82, 2.24) is 0 Å². The van der Waals surface area contributed by atoms with Crippen molar-refractivity contribution in [3.63, 3.8) is 0 Å². The monoisotopic (exact) mass is 271 g/mol. The Kier molecular flexibility index (Phi) is 6.21. The maximum absolute atomic E-state index is 13.3. The van der Waals surface area contributed by atoms with Gasteiger partial charge in [0.2, 0.25) is 5.82 Å². The lowest BCUT2D eigenvalue weighted by Gasteiger charge is -2.08. The Morgan fingerprint density at radius 3 is 2.63 bits per heavy atom. The summed E-state index contributed by atoms with van der Waals surface area (Å²) in [5.74, 6) is -0.0523. The second kappa shape index (κ2) is 7.68. The molecule has 1 rings (SSSR count). The highest BCUT2D eigenvalue weighted by molar-refractivity contribution is 5.37. The fourth-order valence-corrected chi connectivity index (χ4v) is 1.37. The number of rotatable bonds is 8. The molecule has 5 nitrogen and oxygen atoms in total. The zero-order valence-corrected chi connectivity index (χ0v) is 11.1. The van der Waals surface area contributed by atoms with E-state index >= 15 is 0 Å². The lowest BCUT2D eigenvalue weighted by Crippen LogP contribution is -2.08. The maximum Gasteiger partial charge on any atom is 0.305 e. The summed E-state index contributed by atoms with van der Waals surface area (Å²) in [5, 5.41) is 10.4. The molecule has 19 heavy (non-hydrogen) atoms. The van der Waals surface area contributed by atoms with Crippen LogP contribution >= 0.6 is 0 Å². The third-order valence-corrected chi connectivity index (χ3v) is 2.45. The molecule has 0 saturated heterocycles. The van der Waals surface area contributed by atoms with Crippen LogP contribution in [0.25, 0.3) is 0 Å². The van der Waals surface area contributed by atoms with Gasteiger partial charge in [0.25, 0.3) is 0 Å². The van der Waals surface area contributed by atoms with E-state index in [1.807, 2.05) is 0 Å². The number of hydrogen-bond donors (Lipinski definition) is 0. The largest absolute Gasteiger partial charge is 0.491 e. The van der Waals surface area contributed by atoms with Crippen molar-refractivity contribution < 1.29 is 18.8 Å². The van der Waals surface area contributed by atoms with Gasteiger partial charge in [0.15, 0.2) is 0 Å². The number of benzene rings is 1. The Labute approximate surface area is 111 Å². The van der Waals surface area contributed by atoms with E-state index < -0.39 is 16.4 Å². The van der Waals surface area contributed by atoms with Crippen LogP contribution in [0, 0.1) is 21.8 Å². The van der Waals surface area contributed by atoms with Gasteiger partial charge in [-0.15, -0.1) is 0 Å². The van der Waals surface area contributed by atoms with Crippen LogP contribution in [-0.2, 0) is 4.74 Å². The molecule has 1 aromatic carbocycles. The highest BCUT2D eigenvalue weighted by Crippen LogP contribution is 2.22. The summed E-state index contributed by atoms with van der Waals surface area (Å²) in [6.07, 6.45) is 0.978. The van der Waals surface area contributed by atoms with Gasteiger partial charge >= 0.3 is 5.69 Å². The summed E-state index contributed by atoms with van der Waals surface area (Å²) in [6.45, 7) is 5.58. The van der Waals surface area contributed by atoms with Crippen LogP contribution in [0.5, 0.6) is 5.75 Å². The van der Waals surface area contributed by atoms with Crippen LogP contribution in [0.1, 0.15) is 20.3 Å². The Morgan fingerprint density at radius 2 is 2.05 bits per heavy atom. The first kappa shape index (κ1) is 15.4. The molecule has 1 aromatic rings. The van der Waals surface area contributed by atoms with Crippen molar-refractivity contribution in [1.29, 1.82) is 0 Å². The summed E-state index contributed by atoms with van der Waals surface area (Å²) in [7, 11) is 0. The third-order valence-electron chi connectivity index (χ3n) is 2.45. The van der Waals surface area contributed by atoms with Crippen LogP contribution in [-0.4, -0.2) is 24.7 Å². The highest BCUT2D eigenvalue weighted by atomic mass is 19.1. The van der Waals surface area contributed by atoms with Gasteiger partial charge in [-0.2, -0.15) is 4.39 Å². The quantitative estimate of drug-likeness (QED) is 0.414. The molecular weight excluding hydrogens is 253 g/mol. The van der Waals surface area contributed by atoms with Crippen molar-refractivity contribution in [2.45, 2.75) is 20.3 Å². The van der Waals surface area contributed by atoms with Gasteiger partial charge in [0, 0.05) is 18.7 Å². The number of nitro groups is 1. The number of nitrogens with zero attached hydrogens (tertiary/aromatic N) is 1. The van der Waals surface area contributed by atoms with E-state index in [-0.39, 0.29) is 12.4 Å². The molecule has 0 spiro atoms. The summed E-state index contributed by atoms with van der Waals surface area (Å²) in [5.41, 5.74) is -0.555. The van der Waals surface area contributed by atoms with Gasteiger partial charge in [-0.25, -0.2) is 0 Å². The van der Waals surface area contributed by atoms with Crippen LogP contribution in [0.4, 0.5) is 10.1 Å². The van der Waals surface area contributed by atoms with Crippen LogP contribution in [0.3, 0.4) is 0 Å².